The minimum atomic E-state index is -1.64. The van der Waals surface area contributed by atoms with Gasteiger partial charge < -0.3 is 0 Å². The van der Waals surface area contributed by atoms with E-state index in [1.807, 2.05) is 0 Å². The molecule has 1 aliphatic carbocycles. The van der Waals surface area contributed by atoms with E-state index in [1.165, 1.54) is 6.07 Å². The Kier molecular flexibility index (Phi) is 2.38. The first-order valence-electron chi connectivity index (χ1n) is 3.47. The van der Waals surface area contributed by atoms with E-state index >= 15 is 0 Å². The van der Waals surface area contributed by atoms with E-state index in [4.69, 9.17) is 5.26 Å². The topological polar surface area (TPSA) is 23.8 Å². The van der Waals surface area contributed by atoms with Crippen LogP contribution in [0.15, 0.2) is 0 Å². The van der Waals surface area contributed by atoms with Crippen LogP contribution in [-0.4, -0.2) is 18.5 Å². The number of nitrogens with zero attached hydrogens (tertiary/aromatic N) is 1. The molecule has 62 valence electrons. The monoisotopic (exact) mass is 163 g/mol. The van der Waals surface area contributed by atoms with E-state index in [0.717, 1.165) is 0 Å². The quantitative estimate of drug-likeness (QED) is 0.535. The molecular weight excluding hydrogens is 155 g/mol. The summed E-state index contributed by atoms with van der Waals surface area (Å²) in [7, 11) is 0. The molecule has 11 heavy (non-hydrogen) atoms. The van der Waals surface area contributed by atoms with Gasteiger partial charge in [-0.3, -0.25) is 0 Å². The molecule has 2 atom stereocenters. The molecule has 0 aliphatic heterocycles. The van der Waals surface area contributed by atoms with Crippen molar-refractivity contribution in [2.24, 2.45) is 5.92 Å². The summed E-state index contributed by atoms with van der Waals surface area (Å²) in [5.41, 5.74) is 0. The summed E-state index contributed by atoms with van der Waals surface area (Å²) < 4.78 is 37.7. The first-order chi connectivity index (χ1) is 5.15. The lowest BCUT2D eigenvalue weighted by Crippen LogP contribution is -2.35. The van der Waals surface area contributed by atoms with Gasteiger partial charge in [0.1, 0.15) is 24.4 Å². The van der Waals surface area contributed by atoms with Gasteiger partial charge in [0.05, 0.1) is 6.07 Å². The largest absolute Gasteiger partial charge is 0.247 e. The Morgan fingerprint density at radius 1 is 1.09 bits per heavy atom. The highest BCUT2D eigenvalue weighted by molar-refractivity contribution is 4.98. The number of halogens is 3. The lowest BCUT2D eigenvalue weighted by atomic mass is 9.86. The third kappa shape index (κ3) is 1.65. The van der Waals surface area contributed by atoms with Crippen molar-refractivity contribution in [2.45, 2.75) is 31.4 Å². The zero-order chi connectivity index (χ0) is 8.43. The molecular formula is C7H8F3N. The fourth-order valence-electron chi connectivity index (χ4n) is 1.27. The molecule has 1 fully saturated rings. The van der Waals surface area contributed by atoms with Gasteiger partial charge in [0.15, 0.2) is 0 Å². The molecule has 4 heteroatoms. The van der Waals surface area contributed by atoms with Gasteiger partial charge in [0, 0.05) is 12.8 Å². The van der Waals surface area contributed by atoms with Gasteiger partial charge in [-0.05, 0) is 0 Å². The van der Waals surface area contributed by atoms with Crippen LogP contribution in [0.4, 0.5) is 13.2 Å². The van der Waals surface area contributed by atoms with Gasteiger partial charge in [-0.25, -0.2) is 13.2 Å². The first-order valence-corrected chi connectivity index (χ1v) is 3.47. The normalized spacial score (nSPS) is 44.9. The molecule has 0 saturated heterocycles. The third-order valence-electron chi connectivity index (χ3n) is 1.89. The van der Waals surface area contributed by atoms with E-state index in [2.05, 4.69) is 0 Å². The van der Waals surface area contributed by atoms with E-state index in [0.29, 0.717) is 0 Å². The van der Waals surface area contributed by atoms with Crippen molar-refractivity contribution in [3.63, 3.8) is 0 Å². The molecule has 0 spiro atoms. The number of nitriles is 1. The maximum absolute atomic E-state index is 12.6. The van der Waals surface area contributed by atoms with Gasteiger partial charge in [-0.15, -0.1) is 0 Å². The molecule has 0 aromatic heterocycles. The molecule has 0 amide bonds. The Balaban J connectivity index is 2.61. The molecule has 0 heterocycles. The SMILES string of the molecule is N#CC1C(F)CC(F)CC1F. The van der Waals surface area contributed by atoms with E-state index in [9.17, 15) is 13.2 Å². The summed E-state index contributed by atoms with van der Waals surface area (Å²) in [4.78, 5) is 0. The zero-order valence-corrected chi connectivity index (χ0v) is 5.80. The van der Waals surface area contributed by atoms with Crippen LogP contribution in [0.5, 0.6) is 0 Å². The standard InChI is InChI=1S/C7H8F3N/c8-4-1-6(9)5(3-11)7(10)2-4/h4-7H,1-2H2. The van der Waals surface area contributed by atoms with Crippen LogP contribution in [0.3, 0.4) is 0 Å². The average Bonchev–Trinajstić information content (AvgIpc) is 1.85. The molecule has 0 bridgehead atoms. The van der Waals surface area contributed by atoms with E-state index < -0.39 is 24.4 Å². The third-order valence-corrected chi connectivity index (χ3v) is 1.89. The molecule has 0 N–H and O–H groups in total. The molecule has 1 rings (SSSR count). The maximum Gasteiger partial charge on any atom is 0.121 e. The zero-order valence-electron chi connectivity index (χ0n) is 5.80. The van der Waals surface area contributed by atoms with E-state index in [1.54, 1.807) is 0 Å². The van der Waals surface area contributed by atoms with Gasteiger partial charge in [-0.1, -0.05) is 0 Å². The summed E-state index contributed by atoms with van der Waals surface area (Å²) in [6.45, 7) is 0. The van der Waals surface area contributed by atoms with Crippen molar-refractivity contribution < 1.29 is 13.2 Å². The average molecular weight is 163 g/mol. The fraction of sp³-hybridized carbons (Fsp3) is 0.857. The first kappa shape index (κ1) is 8.38. The van der Waals surface area contributed by atoms with Crippen LogP contribution in [0.2, 0.25) is 0 Å². The highest BCUT2D eigenvalue weighted by Crippen LogP contribution is 2.30. The highest BCUT2D eigenvalue weighted by Gasteiger charge is 2.38. The van der Waals surface area contributed by atoms with Crippen molar-refractivity contribution >= 4 is 0 Å². The lowest BCUT2D eigenvalue weighted by Gasteiger charge is -2.26. The Morgan fingerprint density at radius 3 is 1.91 bits per heavy atom. The summed E-state index contributed by atoms with van der Waals surface area (Å²) in [5, 5.41) is 8.27. The summed E-state index contributed by atoms with van der Waals surface area (Å²) in [5.74, 6) is -1.26. The molecule has 1 saturated carbocycles. The second kappa shape index (κ2) is 3.12. The van der Waals surface area contributed by atoms with Crippen LogP contribution in [-0.2, 0) is 0 Å². The smallest absolute Gasteiger partial charge is 0.121 e. The molecule has 0 aromatic carbocycles. The van der Waals surface area contributed by atoms with Crippen LogP contribution in [0.25, 0.3) is 0 Å². The van der Waals surface area contributed by atoms with Crippen molar-refractivity contribution in [1.82, 2.24) is 0 Å². The predicted molar refractivity (Wildman–Crippen MR) is 33.0 cm³/mol. The Morgan fingerprint density at radius 2 is 1.55 bits per heavy atom. The fourth-order valence-corrected chi connectivity index (χ4v) is 1.27. The minimum absolute atomic E-state index is 0.335. The molecule has 0 radical (unpaired) electrons. The van der Waals surface area contributed by atoms with Crippen LogP contribution >= 0.6 is 0 Å². The second-order valence-corrected chi connectivity index (χ2v) is 2.76. The van der Waals surface area contributed by atoms with Crippen molar-refractivity contribution in [3.8, 4) is 6.07 Å². The summed E-state index contributed by atoms with van der Waals surface area (Å²) in [6.07, 6.45) is -5.38. The van der Waals surface area contributed by atoms with Gasteiger partial charge in [0.2, 0.25) is 0 Å². The van der Waals surface area contributed by atoms with Crippen LogP contribution < -0.4 is 0 Å². The maximum atomic E-state index is 12.6. The van der Waals surface area contributed by atoms with Gasteiger partial charge >= 0.3 is 0 Å². The van der Waals surface area contributed by atoms with Gasteiger partial charge in [-0.2, -0.15) is 5.26 Å². The number of hydrogen-bond acceptors (Lipinski definition) is 1. The van der Waals surface area contributed by atoms with Crippen molar-refractivity contribution in [3.05, 3.63) is 0 Å². The second-order valence-electron chi connectivity index (χ2n) is 2.76. The number of alkyl halides is 3. The van der Waals surface area contributed by atoms with Crippen molar-refractivity contribution in [2.75, 3.05) is 0 Å². The predicted octanol–water partition coefficient (Wildman–Crippen LogP) is 1.93. The van der Waals surface area contributed by atoms with Gasteiger partial charge in [0.25, 0.3) is 0 Å². The molecule has 0 aromatic rings. The molecule has 1 nitrogen and oxygen atoms in total. The van der Waals surface area contributed by atoms with E-state index in [-0.39, 0.29) is 12.8 Å². The minimum Gasteiger partial charge on any atom is -0.247 e. The summed E-state index contributed by atoms with van der Waals surface area (Å²) >= 11 is 0. The van der Waals surface area contributed by atoms with Crippen LogP contribution in [0.1, 0.15) is 12.8 Å². The van der Waals surface area contributed by atoms with Crippen molar-refractivity contribution in [1.29, 1.82) is 5.26 Å². The number of hydrogen-bond donors (Lipinski definition) is 0. The van der Waals surface area contributed by atoms with Crippen LogP contribution in [0, 0.1) is 17.2 Å². The highest BCUT2D eigenvalue weighted by atomic mass is 19.2. The number of rotatable bonds is 0. The molecule has 1 aliphatic rings. The Hall–Kier alpha value is -0.720. The molecule has 2 unspecified atom stereocenters. The Bertz CT molecular complexity index is 165. The summed E-state index contributed by atoms with van der Waals surface area (Å²) in [6, 6.07) is 1.51. The Labute approximate surface area is 62.8 Å². The lowest BCUT2D eigenvalue weighted by molar-refractivity contribution is 0.0566.